The summed E-state index contributed by atoms with van der Waals surface area (Å²) in [6.07, 6.45) is 0. The Hall–Kier alpha value is -4.84. The molecule has 0 bridgehead atoms. The number of thiocarbonyl (C=S) groups is 1. The van der Waals surface area contributed by atoms with Gasteiger partial charge in [-0.1, -0.05) is 0 Å². The first kappa shape index (κ1) is 32.6. The van der Waals surface area contributed by atoms with Gasteiger partial charge in [0.25, 0.3) is 21.4 Å². The van der Waals surface area contributed by atoms with E-state index in [-0.39, 0.29) is 45.5 Å². The van der Waals surface area contributed by atoms with Crippen molar-refractivity contribution in [3.8, 4) is 34.1 Å². The molecule has 0 aliphatic carbocycles. The molecule has 0 saturated carbocycles. The number of hydrogen-bond donors (Lipinski definition) is 1. The van der Waals surface area contributed by atoms with E-state index < -0.39 is 19.9 Å². The molecule has 5 rings (SSSR count). The lowest BCUT2D eigenvalue weighted by Crippen LogP contribution is -2.51. The molecule has 0 atom stereocenters. The fourth-order valence-corrected chi connectivity index (χ4v) is 7.99. The fraction of sp³-hybridized carbons (Fsp3) is 0.207. The third-order valence-electron chi connectivity index (χ3n) is 7.11. The molecule has 0 unspecified atom stereocenters. The number of ether oxygens (including phenoxy) is 3. The summed E-state index contributed by atoms with van der Waals surface area (Å²) in [5.74, 6) is 1.44. The number of nitrogens with zero attached hydrogens (tertiary/aromatic N) is 4. The lowest BCUT2D eigenvalue weighted by Gasteiger charge is -2.35. The maximum absolute atomic E-state index is 13.9. The van der Waals surface area contributed by atoms with Crippen LogP contribution in [0.15, 0.2) is 76.3 Å². The van der Waals surface area contributed by atoms with Gasteiger partial charge < -0.3 is 24.4 Å². The summed E-state index contributed by atoms with van der Waals surface area (Å²) in [4.78, 5) is 23.4. The van der Waals surface area contributed by atoms with Gasteiger partial charge in [-0.15, -0.1) is 11.3 Å². The number of nitro benzene ring substituents is 2. The summed E-state index contributed by atoms with van der Waals surface area (Å²) in [7, 11) is -1.05. The number of nitrogens with one attached hydrogen (secondary N) is 1. The molecule has 2 heterocycles. The lowest BCUT2D eigenvalue weighted by atomic mass is 10.1. The summed E-state index contributed by atoms with van der Waals surface area (Å²) in [6.45, 7) is 0.851. The van der Waals surface area contributed by atoms with Crippen LogP contribution in [-0.2, 0) is 10.0 Å². The summed E-state index contributed by atoms with van der Waals surface area (Å²) >= 11 is 6.51. The highest BCUT2D eigenvalue weighted by atomic mass is 32.2. The number of piperazine rings is 1. The van der Waals surface area contributed by atoms with Crippen LogP contribution in [0.4, 0.5) is 17.1 Å². The Morgan fingerprint density at radius 3 is 2.09 bits per heavy atom. The van der Waals surface area contributed by atoms with Gasteiger partial charge in [-0.05, 0) is 54.0 Å². The number of sulfonamides is 1. The van der Waals surface area contributed by atoms with Crippen molar-refractivity contribution in [3.63, 3.8) is 0 Å². The number of thiophene rings is 1. The molecule has 14 nitrogen and oxygen atoms in total. The van der Waals surface area contributed by atoms with Gasteiger partial charge in [-0.2, -0.15) is 4.31 Å². The van der Waals surface area contributed by atoms with Gasteiger partial charge in [0.2, 0.25) is 0 Å². The molecule has 1 N–H and O–H groups in total. The van der Waals surface area contributed by atoms with Crippen molar-refractivity contribution < 1.29 is 32.5 Å². The van der Waals surface area contributed by atoms with Crippen molar-refractivity contribution in [1.82, 2.24) is 9.21 Å². The molecule has 0 radical (unpaired) electrons. The van der Waals surface area contributed by atoms with Gasteiger partial charge in [0.1, 0.15) is 15.7 Å². The van der Waals surface area contributed by atoms with Crippen molar-refractivity contribution in [2.24, 2.45) is 0 Å². The van der Waals surface area contributed by atoms with Crippen LogP contribution in [0, 0.1) is 20.2 Å². The van der Waals surface area contributed by atoms with Gasteiger partial charge in [0.15, 0.2) is 16.6 Å². The van der Waals surface area contributed by atoms with Crippen LogP contribution >= 0.6 is 23.6 Å². The Morgan fingerprint density at radius 1 is 0.826 bits per heavy atom. The maximum atomic E-state index is 13.9. The monoisotopic (exact) mass is 685 g/mol. The third kappa shape index (κ3) is 6.86. The minimum Gasteiger partial charge on any atom is -0.493 e. The van der Waals surface area contributed by atoms with E-state index in [1.54, 1.807) is 41.8 Å². The Balaban J connectivity index is 1.36. The van der Waals surface area contributed by atoms with Crippen molar-refractivity contribution in [3.05, 3.63) is 92.3 Å². The number of methoxy groups -OCH3 is 2. The van der Waals surface area contributed by atoms with Crippen LogP contribution < -0.4 is 19.5 Å². The van der Waals surface area contributed by atoms with E-state index in [2.05, 4.69) is 5.32 Å². The molecule has 3 aromatic carbocycles. The van der Waals surface area contributed by atoms with Crippen molar-refractivity contribution in [2.75, 3.05) is 45.7 Å². The van der Waals surface area contributed by atoms with Gasteiger partial charge in [-0.3, -0.25) is 20.2 Å². The maximum Gasteiger partial charge on any atom is 0.270 e. The predicted octanol–water partition coefficient (Wildman–Crippen LogP) is 5.74. The number of nitro groups is 2. The average molecular weight is 686 g/mol. The summed E-state index contributed by atoms with van der Waals surface area (Å²) in [6, 6.07) is 16.3. The van der Waals surface area contributed by atoms with Crippen molar-refractivity contribution in [2.45, 2.75) is 4.21 Å². The third-order valence-corrected chi connectivity index (χ3v) is 10.8. The van der Waals surface area contributed by atoms with E-state index in [4.69, 9.17) is 26.4 Å². The van der Waals surface area contributed by atoms with E-state index >= 15 is 0 Å². The molecular weight excluding hydrogens is 659 g/mol. The molecule has 0 spiro atoms. The SMILES string of the molecule is COc1ccc(Oc2ccc([N+](=O)[O-])cc2-c2ccsc2S(=O)(=O)N2CCN(C(=S)Nc3ccc([N+](=O)[O-])cc3)CC2)cc1OC. The number of hydrogen-bond acceptors (Lipinski definition) is 11. The highest BCUT2D eigenvalue weighted by Gasteiger charge is 2.33. The molecule has 1 aromatic heterocycles. The molecule has 46 heavy (non-hydrogen) atoms. The molecule has 1 aliphatic heterocycles. The van der Waals surface area contributed by atoms with E-state index in [9.17, 15) is 28.6 Å². The Bertz CT molecular complexity index is 1890. The van der Waals surface area contributed by atoms with Crippen molar-refractivity contribution in [1.29, 1.82) is 0 Å². The summed E-state index contributed by atoms with van der Waals surface area (Å²) in [5.41, 5.74) is 0.787. The van der Waals surface area contributed by atoms with E-state index in [1.165, 1.54) is 48.9 Å². The van der Waals surface area contributed by atoms with Crippen LogP contribution in [0.25, 0.3) is 11.1 Å². The van der Waals surface area contributed by atoms with Crippen LogP contribution in [0.2, 0.25) is 0 Å². The number of benzene rings is 3. The van der Waals surface area contributed by atoms with Crippen LogP contribution in [0.1, 0.15) is 0 Å². The fourth-order valence-electron chi connectivity index (χ4n) is 4.75. The number of non-ortho nitro benzene ring substituents is 2. The van der Waals surface area contributed by atoms with Crippen molar-refractivity contribution >= 4 is 55.8 Å². The molecule has 17 heteroatoms. The highest BCUT2D eigenvalue weighted by Crippen LogP contribution is 2.43. The van der Waals surface area contributed by atoms with Crippen LogP contribution in [0.3, 0.4) is 0 Å². The zero-order valence-corrected chi connectivity index (χ0v) is 26.9. The zero-order chi connectivity index (χ0) is 33.0. The van der Waals surface area contributed by atoms with Gasteiger partial charge in [0.05, 0.1) is 24.1 Å². The van der Waals surface area contributed by atoms with Gasteiger partial charge in [-0.25, -0.2) is 8.42 Å². The smallest absolute Gasteiger partial charge is 0.270 e. The predicted molar refractivity (Wildman–Crippen MR) is 176 cm³/mol. The molecule has 0 amide bonds. The first-order valence-corrected chi connectivity index (χ1v) is 16.3. The Morgan fingerprint density at radius 2 is 1.46 bits per heavy atom. The first-order valence-electron chi connectivity index (χ1n) is 13.6. The second-order valence-electron chi connectivity index (χ2n) is 9.80. The molecule has 1 fully saturated rings. The largest absolute Gasteiger partial charge is 0.493 e. The lowest BCUT2D eigenvalue weighted by molar-refractivity contribution is -0.385. The topological polar surface area (TPSA) is 167 Å². The minimum absolute atomic E-state index is 0.0187. The molecule has 1 saturated heterocycles. The van der Waals surface area contributed by atoms with E-state index in [1.807, 2.05) is 4.90 Å². The Kier molecular flexibility index (Phi) is 9.66. The van der Waals surface area contributed by atoms with E-state index in [0.717, 1.165) is 11.3 Å². The average Bonchev–Trinajstić information content (AvgIpc) is 3.56. The van der Waals surface area contributed by atoms with Crippen LogP contribution in [0.5, 0.6) is 23.0 Å². The molecular formula is C29H27N5O9S3. The number of rotatable bonds is 10. The molecule has 240 valence electrons. The second kappa shape index (κ2) is 13.7. The van der Waals surface area contributed by atoms with Crippen LogP contribution in [-0.4, -0.2) is 73.0 Å². The normalized spacial score (nSPS) is 13.6. The zero-order valence-electron chi connectivity index (χ0n) is 24.4. The standard InChI is InChI=1S/C29H27N5O9S3/c1-41-26-10-8-22(18-27(26)42-2)43-25-9-7-21(34(37)38)17-24(25)23-11-16-45-28(23)46(39,40)32-14-12-31(13-15-32)29(44)30-19-3-5-20(6-4-19)33(35)36/h3-11,16-18H,12-15H2,1-2H3,(H,30,44). The summed E-state index contributed by atoms with van der Waals surface area (Å²) < 4.78 is 46.0. The van der Waals surface area contributed by atoms with E-state index in [0.29, 0.717) is 41.1 Å². The first-order chi connectivity index (χ1) is 22.0. The molecule has 4 aromatic rings. The quantitative estimate of drug-likeness (QED) is 0.122. The molecule has 1 aliphatic rings. The summed E-state index contributed by atoms with van der Waals surface area (Å²) in [5, 5.41) is 27.6. The number of anilines is 1. The Labute approximate surface area is 273 Å². The van der Waals surface area contributed by atoms with Gasteiger partial charge >= 0.3 is 0 Å². The minimum atomic E-state index is -4.03. The highest BCUT2D eigenvalue weighted by molar-refractivity contribution is 7.91. The second-order valence-corrected chi connectivity index (χ2v) is 13.2. The van der Waals surface area contributed by atoms with Gasteiger partial charge in [0, 0.05) is 73.3 Å².